The second-order valence-electron chi connectivity index (χ2n) is 6.09. The van der Waals surface area contributed by atoms with Gasteiger partial charge < -0.3 is 18.6 Å². The van der Waals surface area contributed by atoms with Crippen molar-refractivity contribution >= 4 is 5.91 Å². The summed E-state index contributed by atoms with van der Waals surface area (Å²) in [4.78, 5) is 18.8. The molecule has 1 amide bonds. The molecule has 0 N–H and O–H groups in total. The molecule has 0 bridgehead atoms. The topological polar surface area (TPSA) is 60.5 Å². The fourth-order valence-corrected chi connectivity index (χ4v) is 3.14. The molecule has 0 aliphatic carbocycles. The molecule has 23 heavy (non-hydrogen) atoms. The van der Waals surface area contributed by atoms with Gasteiger partial charge in [0.25, 0.3) is 5.91 Å². The Labute approximate surface area is 136 Å². The van der Waals surface area contributed by atoms with E-state index in [4.69, 9.17) is 9.15 Å². The Morgan fingerprint density at radius 1 is 1.48 bits per heavy atom. The molecule has 6 heteroatoms. The lowest BCUT2D eigenvalue weighted by Crippen LogP contribution is -2.41. The molecule has 1 saturated heterocycles. The van der Waals surface area contributed by atoms with Crippen LogP contribution in [0, 0.1) is 12.8 Å². The fourth-order valence-electron chi connectivity index (χ4n) is 3.14. The summed E-state index contributed by atoms with van der Waals surface area (Å²) in [6.07, 6.45) is 5.98. The molecule has 0 saturated carbocycles. The third-order valence-corrected chi connectivity index (χ3v) is 4.34. The largest absolute Gasteiger partial charge is 0.453 e. The SMILES string of the molecule is COCc1ccc(C(=O)N2CCCC(Cn3ccnc3C)C2)o1. The van der Waals surface area contributed by atoms with Crippen LogP contribution in [0.5, 0.6) is 0 Å². The number of carbonyl (C=O) groups is 1. The van der Waals surface area contributed by atoms with Crippen molar-refractivity contribution in [2.75, 3.05) is 20.2 Å². The number of ether oxygens (including phenoxy) is 1. The van der Waals surface area contributed by atoms with Crippen molar-refractivity contribution in [3.63, 3.8) is 0 Å². The Morgan fingerprint density at radius 2 is 2.35 bits per heavy atom. The van der Waals surface area contributed by atoms with Crippen LogP contribution in [0.1, 0.15) is 35.0 Å². The highest BCUT2D eigenvalue weighted by atomic mass is 16.5. The summed E-state index contributed by atoms with van der Waals surface area (Å²) in [7, 11) is 1.61. The molecule has 0 radical (unpaired) electrons. The number of piperidine rings is 1. The smallest absolute Gasteiger partial charge is 0.289 e. The molecule has 124 valence electrons. The van der Waals surface area contributed by atoms with Crippen molar-refractivity contribution in [2.45, 2.75) is 32.9 Å². The van der Waals surface area contributed by atoms with Gasteiger partial charge in [-0.3, -0.25) is 4.79 Å². The molecule has 1 unspecified atom stereocenters. The van der Waals surface area contributed by atoms with Crippen LogP contribution in [0.2, 0.25) is 0 Å². The van der Waals surface area contributed by atoms with Crippen molar-refractivity contribution in [1.29, 1.82) is 0 Å². The summed E-state index contributed by atoms with van der Waals surface area (Å²) in [5.41, 5.74) is 0. The highest BCUT2D eigenvalue weighted by molar-refractivity contribution is 5.91. The molecule has 2 aromatic rings. The molecule has 1 fully saturated rings. The van der Waals surface area contributed by atoms with E-state index in [0.717, 1.165) is 38.3 Å². The predicted octanol–water partition coefficient (Wildman–Crippen LogP) is 2.48. The van der Waals surface area contributed by atoms with Crippen molar-refractivity contribution in [2.24, 2.45) is 5.92 Å². The van der Waals surface area contributed by atoms with Crippen molar-refractivity contribution in [3.8, 4) is 0 Å². The first-order valence-corrected chi connectivity index (χ1v) is 8.02. The Hall–Kier alpha value is -2.08. The van der Waals surface area contributed by atoms with E-state index in [2.05, 4.69) is 9.55 Å². The highest BCUT2D eigenvalue weighted by Gasteiger charge is 2.26. The number of hydrogen-bond donors (Lipinski definition) is 0. The number of imidazole rings is 1. The van der Waals surface area contributed by atoms with Crippen LogP contribution in [0.25, 0.3) is 0 Å². The molecule has 6 nitrogen and oxygen atoms in total. The van der Waals surface area contributed by atoms with Gasteiger partial charge in [-0.05, 0) is 37.8 Å². The van der Waals surface area contributed by atoms with E-state index in [0.29, 0.717) is 24.0 Å². The van der Waals surface area contributed by atoms with Gasteiger partial charge in [-0.15, -0.1) is 0 Å². The number of amides is 1. The van der Waals surface area contributed by atoms with Crippen molar-refractivity contribution < 1.29 is 13.9 Å². The maximum atomic E-state index is 12.6. The van der Waals surface area contributed by atoms with Crippen LogP contribution in [-0.4, -0.2) is 40.6 Å². The quantitative estimate of drug-likeness (QED) is 0.850. The summed E-state index contributed by atoms with van der Waals surface area (Å²) in [6, 6.07) is 3.54. The van der Waals surface area contributed by atoms with E-state index in [-0.39, 0.29) is 5.91 Å². The molecule has 0 spiro atoms. The fraction of sp³-hybridized carbons (Fsp3) is 0.529. The standard InChI is InChI=1S/C17H23N3O3/c1-13-18-7-9-19(13)10-14-4-3-8-20(11-14)17(21)16-6-5-15(23-16)12-22-2/h5-7,9,14H,3-4,8,10-12H2,1-2H3. The molecule has 1 aliphatic heterocycles. The second-order valence-corrected chi connectivity index (χ2v) is 6.09. The zero-order chi connectivity index (χ0) is 16.2. The van der Waals surface area contributed by atoms with E-state index in [1.54, 1.807) is 19.2 Å². The minimum atomic E-state index is -0.0283. The lowest BCUT2D eigenvalue weighted by molar-refractivity contribution is 0.0623. The number of carbonyl (C=O) groups excluding carboxylic acids is 1. The number of methoxy groups -OCH3 is 1. The molecular weight excluding hydrogens is 294 g/mol. The van der Waals surface area contributed by atoms with Gasteiger partial charge in [-0.1, -0.05) is 0 Å². The summed E-state index contributed by atoms with van der Waals surface area (Å²) in [5.74, 6) is 2.52. The zero-order valence-electron chi connectivity index (χ0n) is 13.7. The number of hydrogen-bond acceptors (Lipinski definition) is 4. The summed E-state index contributed by atoms with van der Waals surface area (Å²) < 4.78 is 12.7. The van der Waals surface area contributed by atoms with Crippen LogP contribution in [-0.2, 0) is 17.9 Å². The number of likely N-dealkylation sites (tertiary alicyclic amines) is 1. The van der Waals surface area contributed by atoms with E-state index >= 15 is 0 Å². The first-order valence-electron chi connectivity index (χ1n) is 8.02. The van der Waals surface area contributed by atoms with Gasteiger partial charge in [0.15, 0.2) is 5.76 Å². The molecule has 0 aromatic carbocycles. The van der Waals surface area contributed by atoms with Crippen molar-refractivity contribution in [1.82, 2.24) is 14.5 Å². The van der Waals surface area contributed by atoms with E-state index < -0.39 is 0 Å². The molecule has 3 heterocycles. The van der Waals surface area contributed by atoms with Gasteiger partial charge in [0, 0.05) is 39.1 Å². The normalized spacial score (nSPS) is 18.3. The maximum Gasteiger partial charge on any atom is 0.289 e. The predicted molar refractivity (Wildman–Crippen MR) is 85.0 cm³/mol. The van der Waals surface area contributed by atoms with E-state index in [9.17, 15) is 4.79 Å². The van der Waals surface area contributed by atoms with Gasteiger partial charge in [-0.2, -0.15) is 0 Å². The van der Waals surface area contributed by atoms with Crippen LogP contribution in [0.4, 0.5) is 0 Å². The lowest BCUT2D eigenvalue weighted by atomic mass is 9.97. The molecular formula is C17H23N3O3. The summed E-state index contributed by atoms with van der Waals surface area (Å²) in [5, 5.41) is 0. The number of aryl methyl sites for hydroxylation is 1. The number of aromatic nitrogens is 2. The maximum absolute atomic E-state index is 12.6. The second kappa shape index (κ2) is 7.00. The summed E-state index contributed by atoms with van der Waals surface area (Å²) >= 11 is 0. The van der Waals surface area contributed by atoms with E-state index in [1.807, 2.05) is 24.2 Å². The molecule has 3 rings (SSSR count). The third-order valence-electron chi connectivity index (χ3n) is 4.34. The van der Waals surface area contributed by atoms with Crippen LogP contribution in [0.15, 0.2) is 28.9 Å². The number of nitrogens with zero attached hydrogens (tertiary/aromatic N) is 3. The zero-order valence-corrected chi connectivity index (χ0v) is 13.7. The third kappa shape index (κ3) is 3.64. The Balaban J connectivity index is 1.63. The molecule has 1 aliphatic rings. The minimum Gasteiger partial charge on any atom is -0.453 e. The van der Waals surface area contributed by atoms with Crippen LogP contribution >= 0.6 is 0 Å². The number of furan rings is 1. The Bertz CT molecular complexity index is 662. The monoisotopic (exact) mass is 317 g/mol. The Morgan fingerprint density at radius 3 is 3.09 bits per heavy atom. The lowest BCUT2D eigenvalue weighted by Gasteiger charge is -2.32. The van der Waals surface area contributed by atoms with Crippen molar-refractivity contribution in [3.05, 3.63) is 41.9 Å². The number of rotatable bonds is 5. The summed E-state index contributed by atoms with van der Waals surface area (Å²) in [6.45, 7) is 4.85. The first-order chi connectivity index (χ1) is 11.2. The average Bonchev–Trinajstić information content (AvgIpc) is 3.17. The molecule has 2 aromatic heterocycles. The highest BCUT2D eigenvalue weighted by Crippen LogP contribution is 2.21. The van der Waals surface area contributed by atoms with Gasteiger partial charge in [0.05, 0.1) is 0 Å². The van der Waals surface area contributed by atoms with Gasteiger partial charge in [0.1, 0.15) is 18.2 Å². The van der Waals surface area contributed by atoms with Crippen LogP contribution < -0.4 is 0 Å². The Kier molecular flexibility index (Phi) is 4.81. The molecule has 1 atom stereocenters. The first kappa shape index (κ1) is 15.8. The van der Waals surface area contributed by atoms with Gasteiger partial charge in [-0.25, -0.2) is 4.98 Å². The minimum absolute atomic E-state index is 0.0283. The average molecular weight is 317 g/mol. The van der Waals surface area contributed by atoms with Crippen LogP contribution in [0.3, 0.4) is 0 Å². The van der Waals surface area contributed by atoms with Gasteiger partial charge >= 0.3 is 0 Å². The van der Waals surface area contributed by atoms with Gasteiger partial charge in [0.2, 0.25) is 0 Å². The van der Waals surface area contributed by atoms with E-state index in [1.165, 1.54) is 0 Å².